The molecule has 0 aliphatic heterocycles. The van der Waals surface area contributed by atoms with Crippen LogP contribution in [-0.4, -0.2) is 4.21 Å². The van der Waals surface area contributed by atoms with Gasteiger partial charge in [0.2, 0.25) is 0 Å². The summed E-state index contributed by atoms with van der Waals surface area (Å²) in [6.07, 6.45) is 0. The largest absolute Gasteiger partial charge is 0.237 e. The molecule has 0 radical (unpaired) electrons. The van der Waals surface area contributed by atoms with E-state index in [-0.39, 0.29) is 9.92 Å². The van der Waals surface area contributed by atoms with Gasteiger partial charge in [-0.15, -0.1) is 0 Å². The number of benzene rings is 1. The Hall–Kier alpha value is -0.120. The van der Waals surface area contributed by atoms with Crippen molar-refractivity contribution in [2.24, 2.45) is 0 Å². The van der Waals surface area contributed by atoms with Crippen molar-refractivity contribution in [2.45, 2.75) is 4.90 Å². The van der Waals surface area contributed by atoms with Crippen LogP contribution in [-0.2, 0) is 10.0 Å². The van der Waals surface area contributed by atoms with E-state index in [0.717, 1.165) is 12.1 Å². The zero-order chi connectivity index (χ0) is 8.43. The van der Waals surface area contributed by atoms with Gasteiger partial charge in [-0.05, 0) is 28.9 Å². The monoisotopic (exact) mass is 212 g/mol. The van der Waals surface area contributed by atoms with Crippen molar-refractivity contribution in [3.8, 4) is 0 Å². The predicted octanol–water partition coefficient (Wildman–Crippen LogP) is 2.74. The highest BCUT2D eigenvalue weighted by Gasteiger charge is 2.05. The molecule has 0 aliphatic carbocycles. The van der Waals surface area contributed by atoms with Gasteiger partial charge < -0.3 is 0 Å². The lowest BCUT2D eigenvalue weighted by Crippen LogP contribution is -1.84. The van der Waals surface area contributed by atoms with Crippen molar-refractivity contribution < 1.29 is 8.60 Å². The van der Waals surface area contributed by atoms with E-state index in [1.807, 2.05) is 0 Å². The molecule has 60 valence electrons. The van der Waals surface area contributed by atoms with Crippen LogP contribution in [0.3, 0.4) is 0 Å². The standard InChI is InChI=1S/C6H3Cl2FOS/c7-5-3-4(9)1-2-6(5)11(8)10/h1-3H. The summed E-state index contributed by atoms with van der Waals surface area (Å²) in [6, 6.07) is 3.51. The van der Waals surface area contributed by atoms with Crippen LogP contribution in [0.4, 0.5) is 4.39 Å². The molecule has 11 heavy (non-hydrogen) atoms. The molecule has 0 bridgehead atoms. The fourth-order valence-electron chi connectivity index (χ4n) is 0.605. The van der Waals surface area contributed by atoms with Gasteiger partial charge in [0.05, 0.1) is 9.92 Å². The van der Waals surface area contributed by atoms with Gasteiger partial charge in [0.15, 0.2) is 0 Å². The average Bonchev–Trinajstić information content (AvgIpc) is 1.85. The Morgan fingerprint density at radius 1 is 1.45 bits per heavy atom. The number of rotatable bonds is 1. The zero-order valence-electron chi connectivity index (χ0n) is 5.18. The number of hydrogen-bond donors (Lipinski definition) is 0. The highest BCUT2D eigenvalue weighted by molar-refractivity contribution is 8.08. The highest BCUT2D eigenvalue weighted by Crippen LogP contribution is 2.22. The van der Waals surface area contributed by atoms with Crippen molar-refractivity contribution in [2.75, 3.05) is 0 Å². The summed E-state index contributed by atoms with van der Waals surface area (Å²) in [5.41, 5.74) is 0. The molecule has 0 amide bonds. The predicted molar refractivity (Wildman–Crippen MR) is 43.7 cm³/mol. The first kappa shape index (κ1) is 8.97. The van der Waals surface area contributed by atoms with Crippen LogP contribution in [0.25, 0.3) is 0 Å². The summed E-state index contributed by atoms with van der Waals surface area (Å²) in [6.45, 7) is 0. The third kappa shape index (κ3) is 2.15. The molecule has 1 unspecified atom stereocenters. The van der Waals surface area contributed by atoms with Gasteiger partial charge in [-0.3, -0.25) is 0 Å². The van der Waals surface area contributed by atoms with E-state index >= 15 is 0 Å². The Kier molecular flexibility index (Phi) is 2.87. The van der Waals surface area contributed by atoms with Gasteiger partial charge >= 0.3 is 0 Å². The molecule has 1 aromatic carbocycles. The molecule has 5 heteroatoms. The molecular formula is C6H3Cl2FOS. The minimum absolute atomic E-state index is 0.0818. The second kappa shape index (κ2) is 3.52. The molecule has 1 aromatic rings. The minimum Gasteiger partial charge on any atom is -0.237 e. The molecule has 0 heterocycles. The van der Waals surface area contributed by atoms with Crippen LogP contribution in [0.5, 0.6) is 0 Å². The van der Waals surface area contributed by atoms with Gasteiger partial charge in [-0.25, -0.2) is 8.60 Å². The van der Waals surface area contributed by atoms with Gasteiger partial charge in [-0.2, -0.15) is 0 Å². The summed E-state index contributed by atoms with van der Waals surface area (Å²) in [7, 11) is 3.55. The van der Waals surface area contributed by atoms with Gasteiger partial charge in [0.1, 0.15) is 15.8 Å². The van der Waals surface area contributed by atoms with Crippen LogP contribution in [0, 0.1) is 5.82 Å². The third-order valence-electron chi connectivity index (χ3n) is 1.07. The quantitative estimate of drug-likeness (QED) is 0.655. The van der Waals surface area contributed by atoms with E-state index in [1.54, 1.807) is 0 Å². The average molecular weight is 213 g/mol. The maximum Gasteiger partial charge on any atom is 0.149 e. The van der Waals surface area contributed by atoms with Gasteiger partial charge in [-0.1, -0.05) is 11.6 Å². The van der Waals surface area contributed by atoms with Gasteiger partial charge in [0, 0.05) is 0 Å². The maximum absolute atomic E-state index is 12.4. The van der Waals surface area contributed by atoms with Crippen molar-refractivity contribution >= 4 is 32.3 Å². The molecule has 0 spiro atoms. The smallest absolute Gasteiger partial charge is 0.149 e. The Labute approximate surface area is 75.1 Å². The summed E-state index contributed by atoms with van der Waals surface area (Å²) >= 11 is 5.51. The molecule has 0 aromatic heterocycles. The van der Waals surface area contributed by atoms with Crippen molar-refractivity contribution in [3.63, 3.8) is 0 Å². The second-order valence-electron chi connectivity index (χ2n) is 1.80. The third-order valence-corrected chi connectivity index (χ3v) is 2.69. The van der Waals surface area contributed by atoms with Crippen LogP contribution in [0.1, 0.15) is 0 Å². The fraction of sp³-hybridized carbons (Fsp3) is 0. The van der Waals surface area contributed by atoms with Crippen molar-refractivity contribution in [1.29, 1.82) is 0 Å². The first-order valence-corrected chi connectivity index (χ1v) is 5.00. The lowest BCUT2D eigenvalue weighted by molar-refractivity contribution is 0.626. The van der Waals surface area contributed by atoms with Crippen LogP contribution in [0.15, 0.2) is 23.1 Å². The van der Waals surface area contributed by atoms with Crippen molar-refractivity contribution in [1.82, 2.24) is 0 Å². The van der Waals surface area contributed by atoms with E-state index in [0.29, 0.717) is 0 Å². The molecule has 0 saturated carbocycles. The molecular weight excluding hydrogens is 210 g/mol. The number of halogens is 3. The molecule has 1 atom stereocenters. The first-order valence-electron chi connectivity index (χ1n) is 2.64. The summed E-state index contributed by atoms with van der Waals surface area (Å²) in [5, 5.41) is 0.0818. The summed E-state index contributed by atoms with van der Waals surface area (Å²) in [5.74, 6) is -0.471. The van der Waals surface area contributed by atoms with E-state index < -0.39 is 15.8 Å². The lowest BCUT2D eigenvalue weighted by atomic mass is 10.3. The SMILES string of the molecule is O=S(Cl)c1ccc(F)cc1Cl. The Morgan fingerprint density at radius 2 is 2.09 bits per heavy atom. The Balaban J connectivity index is 3.20. The first-order chi connectivity index (χ1) is 5.11. The molecule has 0 aliphatic rings. The highest BCUT2D eigenvalue weighted by atomic mass is 35.7. The van der Waals surface area contributed by atoms with E-state index in [2.05, 4.69) is 0 Å². The summed E-state index contributed by atoms with van der Waals surface area (Å²) < 4.78 is 23.0. The maximum atomic E-state index is 12.4. The zero-order valence-corrected chi connectivity index (χ0v) is 7.51. The van der Waals surface area contributed by atoms with Crippen LogP contribution < -0.4 is 0 Å². The van der Waals surface area contributed by atoms with Gasteiger partial charge in [0.25, 0.3) is 0 Å². The van der Waals surface area contributed by atoms with E-state index in [9.17, 15) is 8.60 Å². The topological polar surface area (TPSA) is 17.1 Å². The van der Waals surface area contributed by atoms with E-state index in [1.165, 1.54) is 6.07 Å². The molecule has 0 saturated heterocycles. The molecule has 1 nitrogen and oxygen atoms in total. The van der Waals surface area contributed by atoms with Crippen LogP contribution in [0.2, 0.25) is 5.02 Å². The Bertz CT molecular complexity index is 303. The van der Waals surface area contributed by atoms with E-state index in [4.69, 9.17) is 22.3 Å². The number of hydrogen-bond acceptors (Lipinski definition) is 1. The normalized spacial score (nSPS) is 13.0. The second-order valence-corrected chi connectivity index (χ2v) is 3.93. The minimum atomic E-state index is -1.68. The fourth-order valence-corrected chi connectivity index (χ4v) is 1.89. The van der Waals surface area contributed by atoms with Crippen LogP contribution >= 0.6 is 22.3 Å². The molecule has 1 rings (SSSR count). The molecule has 0 N–H and O–H groups in total. The van der Waals surface area contributed by atoms with Crippen molar-refractivity contribution in [3.05, 3.63) is 29.0 Å². The molecule has 0 fully saturated rings. The Morgan fingerprint density at radius 3 is 2.55 bits per heavy atom. The summed E-state index contributed by atoms with van der Waals surface area (Å²) in [4.78, 5) is 0.231. The lowest BCUT2D eigenvalue weighted by Gasteiger charge is -1.96.